The average Bonchev–Trinajstić information content (AvgIpc) is 3.15. The Labute approximate surface area is 172 Å². The van der Waals surface area contributed by atoms with Crippen LogP contribution in [-0.4, -0.2) is 44.9 Å². The number of amides is 1. The molecule has 1 atom stereocenters. The number of carbonyl (C=O) groups excluding carboxylic acids is 1. The summed E-state index contributed by atoms with van der Waals surface area (Å²) in [6.45, 7) is 1.51. The van der Waals surface area contributed by atoms with Gasteiger partial charge in [-0.25, -0.2) is 8.42 Å². The van der Waals surface area contributed by atoms with Crippen molar-refractivity contribution < 1.29 is 22.7 Å². The molecule has 0 radical (unpaired) electrons. The maximum atomic E-state index is 12.8. The van der Waals surface area contributed by atoms with Crippen molar-refractivity contribution in [2.45, 2.75) is 17.1 Å². The fourth-order valence-electron chi connectivity index (χ4n) is 3.30. The number of nitrogens with one attached hydrogen (secondary N) is 1. The van der Waals surface area contributed by atoms with Crippen molar-refractivity contribution in [2.24, 2.45) is 5.92 Å². The highest BCUT2D eigenvalue weighted by molar-refractivity contribution is 7.91. The van der Waals surface area contributed by atoms with Gasteiger partial charge >= 0.3 is 0 Å². The third-order valence-electron chi connectivity index (χ3n) is 4.71. The number of sulfonamides is 1. The summed E-state index contributed by atoms with van der Waals surface area (Å²) in [7, 11) is -3.64. The number of anilines is 1. The van der Waals surface area contributed by atoms with E-state index < -0.39 is 15.9 Å². The first-order chi connectivity index (χ1) is 13.4. The quantitative estimate of drug-likeness (QED) is 0.785. The van der Waals surface area contributed by atoms with Gasteiger partial charge < -0.3 is 14.8 Å². The van der Waals surface area contributed by atoms with E-state index in [2.05, 4.69) is 5.32 Å². The summed E-state index contributed by atoms with van der Waals surface area (Å²) in [5, 5.41) is 2.86. The lowest BCUT2D eigenvalue weighted by Crippen LogP contribution is -2.43. The van der Waals surface area contributed by atoms with Gasteiger partial charge in [0.15, 0.2) is 11.5 Å². The highest BCUT2D eigenvalue weighted by Crippen LogP contribution is 2.34. The Kier molecular flexibility index (Phi) is 5.50. The van der Waals surface area contributed by atoms with Crippen LogP contribution in [0, 0.1) is 5.92 Å². The standard InChI is InChI=1S/C18H19ClN2O5S2/c19-16-5-6-17(27-16)28(23,24)21-7-1-2-12(11-21)18(22)20-13-3-4-14-15(10-13)26-9-8-25-14/h3-6,10,12H,1-2,7-9,11H2,(H,20,22). The number of thiophene rings is 1. The van der Waals surface area contributed by atoms with Crippen molar-refractivity contribution in [1.29, 1.82) is 0 Å². The Morgan fingerprint density at radius 3 is 2.71 bits per heavy atom. The second-order valence-electron chi connectivity index (χ2n) is 6.61. The zero-order valence-corrected chi connectivity index (χ0v) is 17.3. The van der Waals surface area contributed by atoms with E-state index in [-0.39, 0.29) is 16.7 Å². The SMILES string of the molecule is O=C(Nc1ccc2c(c1)OCCO2)C1CCCN(S(=O)(=O)c2ccc(Cl)s2)C1. The fraction of sp³-hybridized carbons (Fsp3) is 0.389. The van der Waals surface area contributed by atoms with E-state index in [1.165, 1.54) is 10.4 Å². The lowest BCUT2D eigenvalue weighted by atomic mass is 9.98. The summed E-state index contributed by atoms with van der Waals surface area (Å²) in [5.41, 5.74) is 0.597. The predicted octanol–water partition coefficient (Wildman–Crippen LogP) is 3.21. The molecule has 2 aliphatic heterocycles. The van der Waals surface area contributed by atoms with Gasteiger partial charge in [0.25, 0.3) is 10.0 Å². The van der Waals surface area contributed by atoms with Crippen molar-refractivity contribution in [3.05, 3.63) is 34.7 Å². The number of halogens is 1. The van der Waals surface area contributed by atoms with E-state index in [0.717, 1.165) is 11.3 Å². The van der Waals surface area contributed by atoms with Crippen LogP contribution >= 0.6 is 22.9 Å². The number of piperidine rings is 1. The van der Waals surface area contributed by atoms with Crippen LogP contribution in [-0.2, 0) is 14.8 Å². The average molecular weight is 443 g/mol. The van der Waals surface area contributed by atoms with E-state index in [1.54, 1.807) is 24.3 Å². The number of hydrogen-bond donors (Lipinski definition) is 1. The molecule has 3 heterocycles. The Bertz CT molecular complexity index is 992. The molecule has 1 amide bonds. The lowest BCUT2D eigenvalue weighted by molar-refractivity contribution is -0.120. The van der Waals surface area contributed by atoms with Gasteiger partial charge in [0, 0.05) is 24.8 Å². The summed E-state index contributed by atoms with van der Waals surface area (Å²) in [5.74, 6) is 0.605. The Morgan fingerprint density at radius 2 is 1.96 bits per heavy atom. The zero-order chi connectivity index (χ0) is 19.7. The number of rotatable bonds is 4. The van der Waals surface area contributed by atoms with Crippen molar-refractivity contribution in [1.82, 2.24) is 4.31 Å². The first kappa shape index (κ1) is 19.5. The second kappa shape index (κ2) is 7.90. The number of benzene rings is 1. The van der Waals surface area contributed by atoms with Crippen LogP contribution in [0.5, 0.6) is 11.5 Å². The van der Waals surface area contributed by atoms with E-state index >= 15 is 0 Å². The molecule has 1 aromatic heterocycles. The Hall–Kier alpha value is -1.81. The smallest absolute Gasteiger partial charge is 0.252 e. The molecule has 1 saturated heterocycles. The van der Waals surface area contributed by atoms with E-state index in [0.29, 0.717) is 54.1 Å². The molecule has 1 unspecified atom stereocenters. The molecule has 7 nitrogen and oxygen atoms in total. The number of nitrogens with zero attached hydrogens (tertiary/aromatic N) is 1. The highest BCUT2D eigenvalue weighted by Gasteiger charge is 2.34. The molecule has 1 aromatic carbocycles. The van der Waals surface area contributed by atoms with Gasteiger partial charge in [0.05, 0.1) is 10.3 Å². The molecule has 2 aliphatic rings. The normalized spacial score (nSPS) is 20.0. The van der Waals surface area contributed by atoms with E-state index in [1.807, 2.05) is 0 Å². The van der Waals surface area contributed by atoms with Gasteiger partial charge in [-0.1, -0.05) is 11.6 Å². The first-order valence-electron chi connectivity index (χ1n) is 8.89. The predicted molar refractivity (Wildman–Crippen MR) is 107 cm³/mol. The van der Waals surface area contributed by atoms with Crippen LogP contribution in [0.15, 0.2) is 34.5 Å². The lowest BCUT2D eigenvalue weighted by Gasteiger charge is -2.30. The van der Waals surface area contributed by atoms with Gasteiger partial charge in [-0.15, -0.1) is 11.3 Å². The summed E-state index contributed by atoms with van der Waals surface area (Å²) < 4.78 is 38.6. The largest absolute Gasteiger partial charge is 0.486 e. The van der Waals surface area contributed by atoms with Crippen LogP contribution < -0.4 is 14.8 Å². The molecule has 150 valence electrons. The summed E-state index contributed by atoms with van der Waals surface area (Å²) >= 11 is 6.90. The van der Waals surface area contributed by atoms with Crippen LogP contribution in [0.1, 0.15) is 12.8 Å². The van der Waals surface area contributed by atoms with E-state index in [9.17, 15) is 13.2 Å². The van der Waals surface area contributed by atoms with Gasteiger partial charge in [0.1, 0.15) is 17.4 Å². The molecule has 0 bridgehead atoms. The molecular weight excluding hydrogens is 424 g/mol. The first-order valence-corrected chi connectivity index (χ1v) is 11.5. The second-order valence-corrected chi connectivity index (χ2v) is 10.5. The molecule has 28 heavy (non-hydrogen) atoms. The molecule has 1 N–H and O–H groups in total. The molecule has 10 heteroatoms. The topological polar surface area (TPSA) is 84.9 Å². The van der Waals surface area contributed by atoms with Crippen LogP contribution in [0.25, 0.3) is 0 Å². The molecular formula is C18H19ClN2O5S2. The molecule has 0 aliphatic carbocycles. The van der Waals surface area contributed by atoms with Crippen molar-refractivity contribution >= 4 is 44.6 Å². The number of ether oxygens (including phenoxy) is 2. The minimum Gasteiger partial charge on any atom is -0.486 e. The monoisotopic (exact) mass is 442 g/mol. The molecule has 1 fully saturated rings. The minimum atomic E-state index is -3.64. The highest BCUT2D eigenvalue weighted by atomic mass is 35.5. The fourth-order valence-corrected chi connectivity index (χ4v) is 6.46. The van der Waals surface area contributed by atoms with Crippen LogP contribution in [0.3, 0.4) is 0 Å². The third-order valence-corrected chi connectivity index (χ3v) is 8.27. The van der Waals surface area contributed by atoms with Gasteiger partial charge in [-0.05, 0) is 37.1 Å². The van der Waals surface area contributed by atoms with Gasteiger partial charge in [-0.2, -0.15) is 4.31 Å². The van der Waals surface area contributed by atoms with Gasteiger partial charge in [-0.3, -0.25) is 4.79 Å². The summed E-state index contributed by atoms with van der Waals surface area (Å²) in [6, 6.07) is 8.28. The van der Waals surface area contributed by atoms with Crippen LogP contribution in [0.4, 0.5) is 5.69 Å². The third kappa shape index (κ3) is 3.98. The number of carbonyl (C=O) groups is 1. The van der Waals surface area contributed by atoms with Crippen molar-refractivity contribution in [3.8, 4) is 11.5 Å². The number of hydrogen-bond acceptors (Lipinski definition) is 6. The Balaban J connectivity index is 1.45. The van der Waals surface area contributed by atoms with Crippen molar-refractivity contribution in [2.75, 3.05) is 31.6 Å². The van der Waals surface area contributed by atoms with Crippen molar-refractivity contribution in [3.63, 3.8) is 0 Å². The zero-order valence-electron chi connectivity index (χ0n) is 14.9. The van der Waals surface area contributed by atoms with E-state index in [4.69, 9.17) is 21.1 Å². The summed E-state index contributed by atoms with van der Waals surface area (Å²) in [6.07, 6.45) is 1.26. The maximum absolute atomic E-state index is 12.8. The summed E-state index contributed by atoms with van der Waals surface area (Å²) in [4.78, 5) is 12.7. The number of fused-ring (bicyclic) bond motifs is 1. The molecule has 0 saturated carbocycles. The molecule has 4 rings (SSSR count). The molecule has 0 spiro atoms. The van der Waals surface area contributed by atoms with Crippen LogP contribution in [0.2, 0.25) is 4.34 Å². The minimum absolute atomic E-state index is 0.147. The molecule has 2 aromatic rings. The van der Waals surface area contributed by atoms with Gasteiger partial charge in [0.2, 0.25) is 5.91 Å². The Morgan fingerprint density at radius 1 is 1.18 bits per heavy atom. The maximum Gasteiger partial charge on any atom is 0.252 e.